The maximum absolute atomic E-state index is 14.3. The summed E-state index contributed by atoms with van der Waals surface area (Å²) < 4.78 is 21.7. The van der Waals surface area contributed by atoms with Crippen LogP contribution >= 0.6 is 0 Å². The minimum atomic E-state index is -0.707. The van der Waals surface area contributed by atoms with Crippen molar-refractivity contribution in [2.45, 2.75) is 19.9 Å². The van der Waals surface area contributed by atoms with E-state index in [0.717, 1.165) is 11.1 Å². The molecule has 0 radical (unpaired) electrons. The van der Waals surface area contributed by atoms with Crippen LogP contribution in [0.4, 0.5) is 4.39 Å². The zero-order chi connectivity index (χ0) is 19.4. The van der Waals surface area contributed by atoms with E-state index in [1.165, 1.54) is 6.07 Å². The molecule has 0 aliphatic heterocycles. The molecule has 0 saturated heterocycles. The van der Waals surface area contributed by atoms with E-state index in [1.54, 1.807) is 42.2 Å². The highest BCUT2D eigenvalue weighted by molar-refractivity contribution is 5.78. The van der Waals surface area contributed by atoms with Gasteiger partial charge in [0.1, 0.15) is 23.4 Å². The first-order chi connectivity index (χ1) is 12.9. The van der Waals surface area contributed by atoms with E-state index in [0.29, 0.717) is 17.1 Å². The Morgan fingerprint density at radius 3 is 2.56 bits per heavy atom. The number of aromatic nitrogens is 2. The van der Waals surface area contributed by atoms with Gasteiger partial charge in [0.25, 0.3) is 5.91 Å². The van der Waals surface area contributed by atoms with E-state index in [-0.39, 0.29) is 12.5 Å². The summed E-state index contributed by atoms with van der Waals surface area (Å²) in [7, 11) is 1.80. The zero-order valence-electron chi connectivity index (χ0n) is 15.6. The van der Waals surface area contributed by atoms with Crippen molar-refractivity contribution in [3.8, 4) is 5.75 Å². The van der Waals surface area contributed by atoms with Crippen molar-refractivity contribution in [2.24, 2.45) is 7.05 Å². The lowest BCUT2D eigenvalue weighted by Gasteiger charge is -2.20. The smallest absolute Gasteiger partial charge is 0.258 e. The highest BCUT2D eigenvalue weighted by Crippen LogP contribution is 2.23. The topological polar surface area (TPSA) is 56.1 Å². The van der Waals surface area contributed by atoms with E-state index in [1.807, 2.05) is 32.0 Å². The number of hydrogen-bond donors (Lipinski definition) is 1. The molecule has 0 aliphatic rings. The van der Waals surface area contributed by atoms with Crippen molar-refractivity contribution in [3.63, 3.8) is 0 Å². The SMILES string of the molecule is Cc1cc(C)cc(OCC(=O)N[C@H](c2ccccc2F)c2nccn2C)c1. The first-order valence-electron chi connectivity index (χ1n) is 8.66. The van der Waals surface area contributed by atoms with Crippen LogP contribution in [0.1, 0.15) is 28.6 Å². The molecule has 1 amide bonds. The van der Waals surface area contributed by atoms with Gasteiger partial charge in [-0.1, -0.05) is 24.3 Å². The number of hydrogen-bond acceptors (Lipinski definition) is 3. The Bertz CT molecular complexity index is 932. The average molecular weight is 367 g/mol. The van der Waals surface area contributed by atoms with Crippen molar-refractivity contribution in [1.29, 1.82) is 0 Å². The van der Waals surface area contributed by atoms with E-state index >= 15 is 0 Å². The summed E-state index contributed by atoms with van der Waals surface area (Å²) in [5, 5.41) is 2.83. The van der Waals surface area contributed by atoms with Crippen LogP contribution in [0.15, 0.2) is 54.9 Å². The number of rotatable bonds is 6. The number of ether oxygens (including phenoxy) is 1. The quantitative estimate of drug-likeness (QED) is 0.726. The van der Waals surface area contributed by atoms with Crippen LogP contribution in [0.25, 0.3) is 0 Å². The monoisotopic (exact) mass is 367 g/mol. The van der Waals surface area contributed by atoms with Crippen LogP contribution in [0.2, 0.25) is 0 Å². The second kappa shape index (κ2) is 8.03. The van der Waals surface area contributed by atoms with E-state index in [9.17, 15) is 9.18 Å². The predicted octanol–water partition coefficient (Wildman–Crippen LogP) is 3.46. The third-order valence-electron chi connectivity index (χ3n) is 4.20. The van der Waals surface area contributed by atoms with Gasteiger partial charge in [0.15, 0.2) is 6.61 Å². The Balaban J connectivity index is 1.77. The van der Waals surface area contributed by atoms with Crippen molar-refractivity contribution in [2.75, 3.05) is 6.61 Å². The van der Waals surface area contributed by atoms with Crippen molar-refractivity contribution in [1.82, 2.24) is 14.9 Å². The van der Waals surface area contributed by atoms with Crippen LogP contribution in [0.5, 0.6) is 5.75 Å². The highest BCUT2D eigenvalue weighted by atomic mass is 19.1. The molecular weight excluding hydrogens is 345 g/mol. The molecule has 0 fully saturated rings. The summed E-state index contributed by atoms with van der Waals surface area (Å²) in [6, 6.07) is 11.4. The number of benzene rings is 2. The largest absolute Gasteiger partial charge is 0.484 e. The molecule has 5 nitrogen and oxygen atoms in total. The van der Waals surface area contributed by atoms with Gasteiger partial charge in [-0.15, -0.1) is 0 Å². The molecule has 1 heterocycles. The summed E-state index contributed by atoms with van der Waals surface area (Å²) in [4.78, 5) is 16.8. The van der Waals surface area contributed by atoms with Gasteiger partial charge in [0.05, 0.1) is 0 Å². The molecule has 0 spiro atoms. The van der Waals surface area contributed by atoms with Crippen LogP contribution < -0.4 is 10.1 Å². The number of nitrogens with zero attached hydrogens (tertiary/aromatic N) is 2. The fourth-order valence-electron chi connectivity index (χ4n) is 3.01. The number of carbonyl (C=O) groups excluding carboxylic acids is 1. The van der Waals surface area contributed by atoms with Crippen molar-refractivity contribution in [3.05, 3.63) is 83.2 Å². The normalized spacial score (nSPS) is 11.9. The maximum Gasteiger partial charge on any atom is 0.258 e. The van der Waals surface area contributed by atoms with Gasteiger partial charge in [0.2, 0.25) is 0 Å². The zero-order valence-corrected chi connectivity index (χ0v) is 15.6. The molecule has 3 aromatic rings. The summed E-state index contributed by atoms with van der Waals surface area (Å²) in [5.41, 5.74) is 2.47. The number of halogens is 1. The first kappa shape index (κ1) is 18.6. The Morgan fingerprint density at radius 1 is 1.22 bits per heavy atom. The Morgan fingerprint density at radius 2 is 1.93 bits per heavy atom. The lowest BCUT2D eigenvalue weighted by molar-refractivity contribution is -0.123. The Kier molecular flexibility index (Phi) is 5.54. The number of nitrogens with one attached hydrogen (secondary N) is 1. The summed E-state index contributed by atoms with van der Waals surface area (Å²) in [5.74, 6) is 0.411. The molecule has 2 aromatic carbocycles. The van der Waals surface area contributed by atoms with Gasteiger partial charge in [-0.3, -0.25) is 4.79 Å². The van der Waals surface area contributed by atoms with Gasteiger partial charge < -0.3 is 14.6 Å². The second-order valence-electron chi connectivity index (χ2n) is 6.53. The number of carbonyl (C=O) groups is 1. The molecule has 3 rings (SSSR count). The Labute approximate surface area is 157 Å². The third kappa shape index (κ3) is 4.53. The molecule has 1 atom stereocenters. The number of aryl methyl sites for hydroxylation is 3. The molecular formula is C21H22FN3O2. The van der Waals surface area contributed by atoms with Gasteiger partial charge in [-0.2, -0.15) is 0 Å². The summed E-state index contributed by atoms with van der Waals surface area (Å²) in [6.07, 6.45) is 3.36. The minimum Gasteiger partial charge on any atom is -0.484 e. The summed E-state index contributed by atoms with van der Waals surface area (Å²) in [6.45, 7) is 3.77. The lowest BCUT2D eigenvalue weighted by atomic mass is 10.1. The standard InChI is InChI=1S/C21H22FN3O2/c1-14-10-15(2)12-16(11-14)27-13-19(26)24-20(21-23-8-9-25(21)3)17-6-4-5-7-18(17)22/h4-12,20H,13H2,1-3H3,(H,24,26)/t20-/m1/s1. The van der Waals surface area contributed by atoms with E-state index in [2.05, 4.69) is 10.3 Å². The molecule has 6 heteroatoms. The molecule has 0 aliphatic carbocycles. The molecule has 0 unspecified atom stereocenters. The van der Waals surface area contributed by atoms with Gasteiger partial charge in [-0.25, -0.2) is 9.37 Å². The van der Waals surface area contributed by atoms with Crippen LogP contribution in [0, 0.1) is 19.7 Å². The molecule has 0 saturated carbocycles. The first-order valence-corrected chi connectivity index (χ1v) is 8.66. The predicted molar refractivity (Wildman–Crippen MR) is 101 cm³/mol. The number of amides is 1. The third-order valence-corrected chi connectivity index (χ3v) is 4.20. The summed E-state index contributed by atoms with van der Waals surface area (Å²) >= 11 is 0. The van der Waals surface area contributed by atoms with Crippen LogP contribution in [0.3, 0.4) is 0 Å². The molecule has 1 aromatic heterocycles. The fourth-order valence-corrected chi connectivity index (χ4v) is 3.01. The molecule has 0 bridgehead atoms. The van der Waals surface area contributed by atoms with Gasteiger partial charge in [0, 0.05) is 25.0 Å². The van der Waals surface area contributed by atoms with Crippen molar-refractivity contribution >= 4 is 5.91 Å². The number of imidazole rings is 1. The molecule has 1 N–H and O–H groups in total. The van der Waals surface area contributed by atoms with Crippen molar-refractivity contribution < 1.29 is 13.9 Å². The highest BCUT2D eigenvalue weighted by Gasteiger charge is 2.23. The van der Waals surface area contributed by atoms with E-state index < -0.39 is 11.9 Å². The van der Waals surface area contributed by atoms with Crippen LogP contribution in [-0.2, 0) is 11.8 Å². The molecule has 140 valence electrons. The lowest BCUT2D eigenvalue weighted by Crippen LogP contribution is -2.35. The van der Waals surface area contributed by atoms with Gasteiger partial charge >= 0.3 is 0 Å². The minimum absolute atomic E-state index is 0.168. The maximum atomic E-state index is 14.3. The van der Waals surface area contributed by atoms with Crippen LogP contribution in [-0.4, -0.2) is 22.1 Å². The average Bonchev–Trinajstić information content (AvgIpc) is 3.04. The second-order valence-corrected chi connectivity index (χ2v) is 6.53. The Hall–Kier alpha value is -3.15. The van der Waals surface area contributed by atoms with Gasteiger partial charge in [-0.05, 0) is 43.2 Å². The molecule has 27 heavy (non-hydrogen) atoms. The fraction of sp³-hybridized carbons (Fsp3) is 0.238. The van der Waals surface area contributed by atoms with E-state index in [4.69, 9.17) is 4.74 Å².